The van der Waals surface area contributed by atoms with Gasteiger partial charge in [-0.2, -0.15) is 0 Å². The molecule has 7 atom stereocenters. The van der Waals surface area contributed by atoms with Gasteiger partial charge in [0.15, 0.2) is 0 Å². The first-order valence-corrected chi connectivity index (χ1v) is 25.6. The molecule has 9 rings (SSSR count). The van der Waals surface area contributed by atoms with Crippen LogP contribution in [0.2, 0.25) is 0 Å². The first kappa shape index (κ1) is 51.7. The zero-order valence-electron chi connectivity index (χ0n) is 41.2. The number of benzene rings is 5. The van der Waals surface area contributed by atoms with Crippen LogP contribution in [0.5, 0.6) is 17.2 Å². The van der Waals surface area contributed by atoms with Gasteiger partial charge in [-0.25, -0.2) is 0 Å². The average Bonchev–Trinajstić information content (AvgIpc) is 3.45. The number of hydrogen-bond acceptors (Lipinski definition) is 13. The SMILES string of the molecule is C=CCO[C@@]12Oc3ccc(Oc4cccc([N+](=O)[O-])c4)cc3[C@H]3[C@H](CCCCO)[C@@H](CCCCO)C=C(C(=NOC4CCCCO4)C[C@@H]1N(Cc1cccc4ccccc14)C(=O)C=Cc1ccc([N+](=O)[O-])cc1)[C@H]32. The molecular weight excluding hydrogens is 945 g/mol. The van der Waals surface area contributed by atoms with E-state index < -0.39 is 33.9 Å². The average molecular weight is 1010 g/mol. The van der Waals surface area contributed by atoms with Crippen molar-refractivity contribution in [2.75, 3.05) is 26.4 Å². The van der Waals surface area contributed by atoms with Crippen molar-refractivity contribution >= 4 is 39.8 Å². The molecule has 1 amide bonds. The van der Waals surface area contributed by atoms with E-state index in [0.717, 1.165) is 53.2 Å². The van der Waals surface area contributed by atoms with Crippen LogP contribution in [-0.2, 0) is 25.7 Å². The van der Waals surface area contributed by atoms with Crippen LogP contribution >= 0.6 is 0 Å². The molecule has 1 saturated heterocycles. The van der Waals surface area contributed by atoms with Gasteiger partial charge in [-0.15, -0.1) is 6.58 Å². The van der Waals surface area contributed by atoms with Crippen LogP contribution in [0.3, 0.4) is 0 Å². The van der Waals surface area contributed by atoms with Crippen molar-refractivity contribution in [2.24, 2.45) is 22.9 Å². The van der Waals surface area contributed by atoms with E-state index in [0.29, 0.717) is 61.5 Å². The Kier molecular flexibility index (Phi) is 16.6. The predicted molar refractivity (Wildman–Crippen MR) is 279 cm³/mol. The van der Waals surface area contributed by atoms with E-state index in [-0.39, 0.29) is 73.6 Å². The Morgan fingerprint density at radius 3 is 2.38 bits per heavy atom. The minimum atomic E-state index is -1.60. The quantitative estimate of drug-likeness (QED) is 0.0218. The maximum atomic E-state index is 15.5. The summed E-state index contributed by atoms with van der Waals surface area (Å²) in [4.78, 5) is 46.1. The van der Waals surface area contributed by atoms with Crippen LogP contribution in [0.25, 0.3) is 16.8 Å². The van der Waals surface area contributed by atoms with Gasteiger partial charge in [-0.05, 0) is 120 Å². The zero-order chi connectivity index (χ0) is 51.6. The molecule has 16 heteroatoms. The number of allylic oxidation sites excluding steroid dienone is 1. The molecule has 0 bridgehead atoms. The molecule has 5 aromatic carbocycles. The second kappa shape index (κ2) is 23.7. The number of unbranched alkanes of at least 4 members (excludes halogenated alkanes) is 2. The fraction of sp³-hybridized carbons (Fsp3) is 0.379. The summed E-state index contributed by atoms with van der Waals surface area (Å²) in [5.74, 6) is -1.95. The van der Waals surface area contributed by atoms with Gasteiger partial charge < -0.3 is 38.9 Å². The maximum absolute atomic E-state index is 15.5. The van der Waals surface area contributed by atoms with Crippen molar-refractivity contribution in [3.8, 4) is 17.2 Å². The number of hydrogen-bond donors (Lipinski definition) is 2. The number of nitro groups is 2. The van der Waals surface area contributed by atoms with Gasteiger partial charge in [-0.3, -0.25) is 25.0 Å². The van der Waals surface area contributed by atoms with Crippen LogP contribution in [0.4, 0.5) is 11.4 Å². The second-order valence-corrected chi connectivity index (χ2v) is 19.3. The lowest BCUT2D eigenvalue weighted by Crippen LogP contribution is -2.70. The summed E-state index contributed by atoms with van der Waals surface area (Å²) in [6.07, 6.45) is 13.1. The van der Waals surface area contributed by atoms with Crippen molar-refractivity contribution < 1.29 is 48.6 Å². The van der Waals surface area contributed by atoms with Gasteiger partial charge in [0, 0.05) is 68.4 Å². The van der Waals surface area contributed by atoms with Crippen molar-refractivity contribution in [1.82, 2.24) is 4.90 Å². The third-order valence-corrected chi connectivity index (χ3v) is 14.7. The van der Waals surface area contributed by atoms with Gasteiger partial charge >= 0.3 is 0 Å². The third-order valence-electron chi connectivity index (χ3n) is 14.7. The van der Waals surface area contributed by atoms with E-state index in [1.165, 1.54) is 30.3 Å². The van der Waals surface area contributed by atoms with Crippen molar-refractivity contribution in [1.29, 1.82) is 0 Å². The molecule has 2 heterocycles. The molecule has 5 aromatic rings. The first-order valence-electron chi connectivity index (χ1n) is 25.6. The Labute approximate surface area is 429 Å². The normalized spacial score (nSPS) is 23.5. The molecule has 1 unspecified atom stereocenters. The fourth-order valence-corrected chi connectivity index (χ4v) is 11.4. The Morgan fingerprint density at radius 1 is 0.865 bits per heavy atom. The molecule has 74 heavy (non-hydrogen) atoms. The number of aliphatic hydroxyl groups is 2. The minimum Gasteiger partial charge on any atom is -0.459 e. The van der Waals surface area contributed by atoms with Gasteiger partial charge in [0.2, 0.25) is 18.0 Å². The van der Waals surface area contributed by atoms with Gasteiger partial charge in [-0.1, -0.05) is 78.7 Å². The van der Waals surface area contributed by atoms with Crippen LogP contribution in [0.1, 0.15) is 86.8 Å². The number of ether oxygens (including phenoxy) is 4. The topological polar surface area (TPSA) is 206 Å². The summed E-state index contributed by atoms with van der Waals surface area (Å²) in [6, 6.07) is 30.6. The number of non-ortho nitro benzene ring substituents is 2. The molecule has 0 aromatic heterocycles. The Morgan fingerprint density at radius 2 is 1.62 bits per heavy atom. The molecule has 1 saturated carbocycles. The maximum Gasteiger partial charge on any atom is 0.273 e. The standard InChI is InChI=1S/C58H62N4O12/c1-2-32-71-58-53(60(38-42-16-11-15-40-13-3-4-19-47(40)42)54(65)29-24-39-22-25-43(26-23-39)61(66)67)37-51(59-74-55-21-7-10-33-70-55)49-34-41(14-5-8-30-63)48(20-6-9-31-64)56(57(49)58)50-36-46(27-28-52(50)73-58)72-45-18-12-17-44(35-45)62(68)69/h2-4,11-13,15-19,22-29,34-36,41,48,53,55-57,63-64H,1,5-10,14,20-21,30-33,37-38H2/t41-,48+,53-,55?,56+,57+,58+/m0/s1. The van der Waals surface area contributed by atoms with E-state index in [1.807, 2.05) is 54.6 Å². The number of nitrogens with zero attached hydrogens (tertiary/aromatic N) is 4. The molecule has 0 spiro atoms. The summed E-state index contributed by atoms with van der Waals surface area (Å²) >= 11 is 0. The van der Waals surface area contributed by atoms with E-state index >= 15 is 4.79 Å². The van der Waals surface area contributed by atoms with Gasteiger partial charge in [0.1, 0.15) is 23.3 Å². The highest BCUT2D eigenvalue weighted by atomic mass is 16.8. The van der Waals surface area contributed by atoms with E-state index in [2.05, 4.69) is 12.7 Å². The molecule has 2 N–H and O–H groups in total. The summed E-state index contributed by atoms with van der Waals surface area (Å²) in [5.41, 5.74) is 3.52. The van der Waals surface area contributed by atoms with Crippen LogP contribution < -0.4 is 9.47 Å². The summed E-state index contributed by atoms with van der Waals surface area (Å²) in [7, 11) is 0. The lowest BCUT2D eigenvalue weighted by Gasteiger charge is -2.60. The summed E-state index contributed by atoms with van der Waals surface area (Å²) < 4.78 is 27.2. The third kappa shape index (κ3) is 11.3. The Hall–Kier alpha value is -7.24. The summed E-state index contributed by atoms with van der Waals surface area (Å²) in [5, 5.41) is 50.5. The highest BCUT2D eigenvalue weighted by molar-refractivity contribution is 6.03. The number of carbonyl (C=O) groups is 1. The van der Waals surface area contributed by atoms with Crippen molar-refractivity contribution in [2.45, 2.75) is 94.8 Å². The first-order chi connectivity index (χ1) is 36.1. The lowest BCUT2D eigenvalue weighted by atomic mass is 9.55. The van der Waals surface area contributed by atoms with Crippen LogP contribution in [0, 0.1) is 38.0 Å². The number of amides is 1. The fourth-order valence-electron chi connectivity index (χ4n) is 11.4. The highest BCUT2D eigenvalue weighted by Gasteiger charge is 2.65. The van der Waals surface area contributed by atoms with E-state index in [4.69, 9.17) is 28.9 Å². The Bertz CT molecular complexity index is 2910. The summed E-state index contributed by atoms with van der Waals surface area (Å²) in [6.45, 7) is 4.82. The smallest absolute Gasteiger partial charge is 0.273 e. The number of oxime groups is 1. The van der Waals surface area contributed by atoms with Crippen molar-refractivity contribution in [3.63, 3.8) is 0 Å². The molecule has 0 radical (unpaired) electrons. The van der Waals surface area contributed by atoms with Crippen LogP contribution in [0.15, 0.2) is 145 Å². The van der Waals surface area contributed by atoms with Crippen molar-refractivity contribution in [3.05, 3.63) is 176 Å². The monoisotopic (exact) mass is 1010 g/mol. The molecule has 2 fully saturated rings. The molecular formula is C58H62N4O12. The lowest BCUT2D eigenvalue weighted by molar-refractivity contribution is -0.385. The number of carbonyl (C=O) groups excluding carboxylic acids is 1. The zero-order valence-corrected chi connectivity index (χ0v) is 41.2. The molecule has 2 aliphatic heterocycles. The minimum absolute atomic E-state index is 0.0163. The predicted octanol–water partition coefficient (Wildman–Crippen LogP) is 11.4. The number of nitro benzene ring substituents is 2. The molecule has 386 valence electrons. The number of rotatable bonds is 22. The largest absolute Gasteiger partial charge is 0.459 e. The van der Waals surface area contributed by atoms with Crippen LogP contribution in [-0.4, -0.2) is 81.1 Å². The molecule has 4 aliphatic rings. The van der Waals surface area contributed by atoms with Gasteiger partial charge in [0.25, 0.3) is 11.4 Å². The van der Waals surface area contributed by atoms with E-state index in [9.17, 15) is 30.4 Å². The second-order valence-electron chi connectivity index (χ2n) is 19.3. The number of fused-ring (bicyclic) bond motifs is 3. The number of aliphatic hydroxyl groups excluding tert-OH is 2. The van der Waals surface area contributed by atoms with E-state index in [1.54, 1.807) is 47.4 Å². The molecule has 2 aliphatic carbocycles. The van der Waals surface area contributed by atoms with Gasteiger partial charge in [0.05, 0.1) is 40.8 Å². The highest BCUT2D eigenvalue weighted by Crippen LogP contribution is 2.62. The Balaban J connectivity index is 1.26. The molecule has 16 nitrogen and oxygen atoms in total.